The first-order valence-electron chi connectivity index (χ1n) is 10.2. The molecule has 5 heteroatoms. The van der Waals surface area contributed by atoms with Crippen LogP contribution in [0.15, 0.2) is 48.5 Å². The van der Waals surface area contributed by atoms with E-state index >= 15 is 0 Å². The highest BCUT2D eigenvalue weighted by Crippen LogP contribution is 2.37. The Hall–Kier alpha value is -1.84. The number of rotatable bonds is 7. The first-order valence-corrected chi connectivity index (χ1v) is 10.9. The highest BCUT2D eigenvalue weighted by molar-refractivity contribution is 6.35. The average molecular weight is 433 g/mol. The van der Waals surface area contributed by atoms with Crippen molar-refractivity contribution in [2.45, 2.75) is 44.9 Å². The van der Waals surface area contributed by atoms with Gasteiger partial charge in [-0.3, -0.25) is 9.59 Å². The van der Waals surface area contributed by atoms with Crippen molar-refractivity contribution >= 4 is 35.0 Å². The van der Waals surface area contributed by atoms with Crippen LogP contribution in [0.1, 0.15) is 49.7 Å². The highest BCUT2D eigenvalue weighted by atomic mass is 35.5. The molecule has 1 saturated carbocycles. The van der Waals surface area contributed by atoms with Crippen LogP contribution in [-0.2, 0) is 20.7 Å². The van der Waals surface area contributed by atoms with Crippen LogP contribution in [0, 0.1) is 11.8 Å². The molecule has 0 aromatic heterocycles. The van der Waals surface area contributed by atoms with Gasteiger partial charge in [-0.15, -0.1) is 0 Å². The van der Waals surface area contributed by atoms with E-state index < -0.39 is 11.9 Å². The molecule has 154 valence electrons. The van der Waals surface area contributed by atoms with Gasteiger partial charge in [-0.1, -0.05) is 59.6 Å². The molecule has 2 aromatic carbocycles. The summed E-state index contributed by atoms with van der Waals surface area (Å²) in [5.74, 6) is -0.955. The fourth-order valence-electron chi connectivity index (χ4n) is 4.17. The van der Waals surface area contributed by atoms with Crippen molar-refractivity contribution in [3.63, 3.8) is 0 Å². The Bertz CT molecular complexity index is 842. The van der Waals surface area contributed by atoms with Crippen LogP contribution in [0.3, 0.4) is 0 Å². The molecule has 29 heavy (non-hydrogen) atoms. The molecule has 1 aliphatic carbocycles. The Balaban J connectivity index is 1.70. The molecule has 0 N–H and O–H groups in total. The lowest BCUT2D eigenvalue weighted by Crippen LogP contribution is -2.34. The topological polar surface area (TPSA) is 43.4 Å². The van der Waals surface area contributed by atoms with E-state index in [4.69, 9.17) is 27.9 Å². The van der Waals surface area contributed by atoms with Crippen molar-refractivity contribution in [2.24, 2.45) is 11.8 Å². The van der Waals surface area contributed by atoms with E-state index in [1.165, 1.54) is 5.56 Å². The maximum absolute atomic E-state index is 13.3. The lowest BCUT2D eigenvalue weighted by Gasteiger charge is -2.30. The third-order valence-corrected chi connectivity index (χ3v) is 6.34. The zero-order valence-electron chi connectivity index (χ0n) is 16.6. The van der Waals surface area contributed by atoms with E-state index in [-0.39, 0.29) is 24.7 Å². The molecule has 1 unspecified atom stereocenters. The normalized spacial score (nSPS) is 20.1. The van der Waals surface area contributed by atoms with Crippen LogP contribution in [0.5, 0.6) is 0 Å². The van der Waals surface area contributed by atoms with Gasteiger partial charge in [0.2, 0.25) is 0 Å². The van der Waals surface area contributed by atoms with Gasteiger partial charge in [0, 0.05) is 16.0 Å². The van der Waals surface area contributed by atoms with Crippen molar-refractivity contribution in [3.8, 4) is 0 Å². The summed E-state index contributed by atoms with van der Waals surface area (Å²) in [5, 5.41) is 0.990. The number of carbonyl (C=O) groups excluding carboxylic acids is 2. The molecule has 1 aliphatic rings. The second-order valence-electron chi connectivity index (χ2n) is 7.61. The SMILES string of the molecule is CCOC(=O)C(Cc1ccc(Cl)cc1Cl)C(=O)[C@H]1CC[C@H](c2ccccc2)CC1. The number of hydrogen-bond donors (Lipinski definition) is 0. The van der Waals surface area contributed by atoms with Gasteiger partial charge >= 0.3 is 5.97 Å². The molecular weight excluding hydrogens is 407 g/mol. The van der Waals surface area contributed by atoms with Gasteiger partial charge in [0.1, 0.15) is 5.92 Å². The van der Waals surface area contributed by atoms with Crippen LogP contribution in [0.25, 0.3) is 0 Å². The first kappa shape index (κ1) is 21.9. The highest BCUT2D eigenvalue weighted by Gasteiger charge is 2.36. The minimum Gasteiger partial charge on any atom is -0.465 e. The molecule has 0 amide bonds. The number of halogens is 2. The maximum Gasteiger partial charge on any atom is 0.316 e. The smallest absolute Gasteiger partial charge is 0.316 e. The minimum absolute atomic E-state index is 0.0269. The fourth-order valence-corrected chi connectivity index (χ4v) is 4.66. The van der Waals surface area contributed by atoms with E-state index in [1.54, 1.807) is 25.1 Å². The number of benzene rings is 2. The number of Topliss-reactive ketones (excluding diaryl/α,β-unsaturated/α-hetero) is 1. The molecule has 3 rings (SSSR count). The zero-order chi connectivity index (χ0) is 20.8. The Morgan fingerprint density at radius 1 is 1.03 bits per heavy atom. The zero-order valence-corrected chi connectivity index (χ0v) is 18.1. The van der Waals surface area contributed by atoms with Crippen LogP contribution in [0.4, 0.5) is 0 Å². The molecule has 0 saturated heterocycles. The molecule has 1 atom stereocenters. The van der Waals surface area contributed by atoms with Crippen LogP contribution >= 0.6 is 23.2 Å². The molecular formula is C24H26Cl2O3. The van der Waals surface area contributed by atoms with E-state index in [1.807, 2.05) is 6.07 Å². The predicted molar refractivity (Wildman–Crippen MR) is 116 cm³/mol. The molecule has 0 aliphatic heterocycles. The fraction of sp³-hybridized carbons (Fsp3) is 0.417. The number of carbonyl (C=O) groups is 2. The largest absolute Gasteiger partial charge is 0.465 e. The summed E-state index contributed by atoms with van der Waals surface area (Å²) >= 11 is 12.3. The van der Waals surface area contributed by atoms with Crippen molar-refractivity contribution in [1.82, 2.24) is 0 Å². The second-order valence-corrected chi connectivity index (χ2v) is 8.45. The first-order chi connectivity index (χ1) is 14.0. The summed E-state index contributed by atoms with van der Waals surface area (Å²) in [4.78, 5) is 25.9. The van der Waals surface area contributed by atoms with Crippen LogP contribution in [-0.4, -0.2) is 18.4 Å². The van der Waals surface area contributed by atoms with Crippen molar-refractivity contribution in [2.75, 3.05) is 6.61 Å². The van der Waals surface area contributed by atoms with Gasteiger partial charge in [-0.2, -0.15) is 0 Å². The number of hydrogen-bond acceptors (Lipinski definition) is 3. The van der Waals surface area contributed by atoms with Crippen LogP contribution in [0.2, 0.25) is 10.0 Å². The van der Waals surface area contributed by atoms with Gasteiger partial charge in [0.05, 0.1) is 6.61 Å². The summed E-state index contributed by atoms with van der Waals surface area (Å²) in [6.45, 7) is 2.00. The average Bonchev–Trinajstić information content (AvgIpc) is 2.73. The van der Waals surface area contributed by atoms with E-state index in [9.17, 15) is 9.59 Å². The molecule has 0 radical (unpaired) electrons. The lowest BCUT2D eigenvalue weighted by molar-refractivity contribution is -0.152. The summed E-state index contributed by atoms with van der Waals surface area (Å²) in [6.07, 6.45) is 3.74. The number of esters is 1. The summed E-state index contributed by atoms with van der Waals surface area (Å²) in [6, 6.07) is 15.6. The number of ketones is 1. The monoisotopic (exact) mass is 432 g/mol. The van der Waals surface area contributed by atoms with E-state index in [2.05, 4.69) is 24.3 Å². The Kier molecular flexibility index (Phi) is 7.74. The summed E-state index contributed by atoms with van der Waals surface area (Å²) in [7, 11) is 0. The summed E-state index contributed by atoms with van der Waals surface area (Å²) in [5.41, 5.74) is 2.06. The Morgan fingerprint density at radius 2 is 1.72 bits per heavy atom. The lowest BCUT2D eigenvalue weighted by atomic mass is 9.74. The predicted octanol–water partition coefficient (Wildman–Crippen LogP) is 6.26. The van der Waals surface area contributed by atoms with Crippen molar-refractivity contribution in [1.29, 1.82) is 0 Å². The van der Waals surface area contributed by atoms with Gasteiger partial charge < -0.3 is 4.74 Å². The molecule has 0 bridgehead atoms. The minimum atomic E-state index is -0.827. The quantitative estimate of drug-likeness (QED) is 0.383. The van der Waals surface area contributed by atoms with Gasteiger partial charge in [-0.05, 0) is 68.2 Å². The van der Waals surface area contributed by atoms with Gasteiger partial charge in [-0.25, -0.2) is 0 Å². The molecule has 0 spiro atoms. The maximum atomic E-state index is 13.3. The third-order valence-electron chi connectivity index (χ3n) is 5.75. The Morgan fingerprint density at radius 3 is 2.34 bits per heavy atom. The van der Waals surface area contributed by atoms with Gasteiger partial charge in [0.15, 0.2) is 5.78 Å². The van der Waals surface area contributed by atoms with Crippen molar-refractivity contribution in [3.05, 3.63) is 69.7 Å². The molecule has 3 nitrogen and oxygen atoms in total. The summed E-state index contributed by atoms with van der Waals surface area (Å²) < 4.78 is 5.21. The van der Waals surface area contributed by atoms with E-state index in [0.717, 1.165) is 31.2 Å². The molecule has 2 aromatic rings. The van der Waals surface area contributed by atoms with Gasteiger partial charge in [0.25, 0.3) is 0 Å². The van der Waals surface area contributed by atoms with Crippen molar-refractivity contribution < 1.29 is 14.3 Å². The number of ether oxygens (including phenoxy) is 1. The van der Waals surface area contributed by atoms with Crippen LogP contribution < -0.4 is 0 Å². The second kappa shape index (κ2) is 10.3. The van der Waals surface area contributed by atoms with E-state index in [0.29, 0.717) is 16.0 Å². The standard InChI is InChI=1S/C24H26Cl2O3/c1-2-29-24(28)21(14-19-12-13-20(25)15-22(19)26)23(27)18-10-8-17(9-11-18)16-6-4-3-5-7-16/h3-7,12-13,15,17-18,21H,2,8-11,14H2,1H3/t17-,18-,21?. The third kappa shape index (κ3) is 5.61. The molecule has 1 fully saturated rings. The molecule has 0 heterocycles. The Labute approximate surface area is 182 Å².